The molecule has 2 amide bonds. The fraction of sp³-hybridized carbons (Fsp3) is 0.0833. The second kappa shape index (κ2) is 4.33. The third kappa shape index (κ3) is 1.84. The van der Waals surface area contributed by atoms with Gasteiger partial charge in [0.2, 0.25) is 0 Å². The fourth-order valence-corrected chi connectivity index (χ4v) is 1.79. The Morgan fingerprint density at radius 2 is 1.94 bits per heavy atom. The molecule has 1 aromatic carbocycles. The third-order valence-electron chi connectivity index (χ3n) is 2.59. The van der Waals surface area contributed by atoms with E-state index in [0.717, 1.165) is 0 Å². The number of nitrogens with zero attached hydrogens (tertiary/aromatic N) is 1. The summed E-state index contributed by atoms with van der Waals surface area (Å²) in [4.78, 5) is 22.6. The Bertz CT molecular complexity index is 602. The summed E-state index contributed by atoms with van der Waals surface area (Å²) in [7, 11) is 0. The zero-order valence-electron chi connectivity index (χ0n) is 9.60. The minimum atomic E-state index is -0.836. The van der Waals surface area contributed by atoms with E-state index in [2.05, 4.69) is 5.10 Å². The third-order valence-corrected chi connectivity index (χ3v) is 2.59. The number of benzene rings is 1. The van der Waals surface area contributed by atoms with E-state index in [-0.39, 0.29) is 22.8 Å². The molecular weight excluding hydrogens is 234 g/mol. The molecule has 0 heterocycles. The van der Waals surface area contributed by atoms with Crippen LogP contribution in [0.5, 0.6) is 0 Å². The maximum absolute atomic E-state index is 12.1. The summed E-state index contributed by atoms with van der Waals surface area (Å²) in [6, 6.07) is 5.86. The maximum Gasteiger partial charge on any atom is 0.332 e. The Kier molecular flexibility index (Phi) is 2.85. The number of hydrogen-bond acceptors (Lipinski definition) is 4. The second-order valence-electron chi connectivity index (χ2n) is 3.77. The molecule has 1 aliphatic rings. The van der Waals surface area contributed by atoms with E-state index in [4.69, 9.17) is 5.73 Å². The molecule has 6 nitrogen and oxygen atoms in total. The Balaban J connectivity index is 2.43. The molecule has 0 fully saturated rings. The lowest BCUT2D eigenvalue weighted by Gasteiger charge is -2.01. The van der Waals surface area contributed by atoms with Gasteiger partial charge in [-0.05, 0) is 6.92 Å². The summed E-state index contributed by atoms with van der Waals surface area (Å²) in [6.07, 6.45) is 0. The lowest BCUT2D eigenvalue weighted by molar-refractivity contribution is 0.104. The Morgan fingerprint density at radius 3 is 2.50 bits per heavy atom. The number of nitrogens with two attached hydrogens (primary N) is 1. The monoisotopic (exact) mass is 245 g/mol. The smallest absolute Gasteiger partial charge is 0.332 e. The first-order valence-electron chi connectivity index (χ1n) is 5.20. The molecule has 0 unspecified atom stereocenters. The number of nitrogens with one attached hydrogen (secondary N) is 1. The number of primary amides is 1. The highest BCUT2D eigenvalue weighted by Crippen LogP contribution is 2.31. The van der Waals surface area contributed by atoms with Gasteiger partial charge in [-0.2, -0.15) is 5.10 Å². The SMILES string of the molecule is C/C(=N\NC(N)=O)C1=C(O)c2ccccc2C1=O. The number of ketones is 1. The van der Waals surface area contributed by atoms with E-state index in [1.54, 1.807) is 24.3 Å². The Hall–Kier alpha value is -2.63. The van der Waals surface area contributed by atoms with E-state index < -0.39 is 6.03 Å². The van der Waals surface area contributed by atoms with Crippen molar-refractivity contribution in [3.63, 3.8) is 0 Å². The number of aliphatic hydroxyl groups excluding tert-OH is 1. The molecule has 0 bridgehead atoms. The van der Waals surface area contributed by atoms with Crippen LogP contribution in [-0.2, 0) is 0 Å². The minimum Gasteiger partial charge on any atom is -0.506 e. The highest BCUT2D eigenvalue weighted by Gasteiger charge is 2.30. The van der Waals surface area contributed by atoms with Crippen LogP contribution in [0.15, 0.2) is 34.9 Å². The molecular formula is C12H11N3O3. The van der Waals surface area contributed by atoms with Crippen molar-refractivity contribution < 1.29 is 14.7 Å². The van der Waals surface area contributed by atoms with E-state index >= 15 is 0 Å². The number of Topliss-reactive ketones (excluding diaryl/α,β-unsaturated/α-hetero) is 1. The van der Waals surface area contributed by atoms with Gasteiger partial charge in [0.05, 0.1) is 11.3 Å². The molecule has 0 aromatic heterocycles. The van der Waals surface area contributed by atoms with Gasteiger partial charge in [0.1, 0.15) is 5.76 Å². The van der Waals surface area contributed by atoms with Crippen LogP contribution in [-0.4, -0.2) is 22.6 Å². The summed E-state index contributed by atoms with van der Waals surface area (Å²) in [5.41, 5.74) is 8.05. The van der Waals surface area contributed by atoms with Crippen LogP contribution < -0.4 is 11.2 Å². The van der Waals surface area contributed by atoms with Crippen LogP contribution in [0, 0.1) is 0 Å². The van der Waals surface area contributed by atoms with Crippen molar-refractivity contribution in [2.75, 3.05) is 0 Å². The van der Waals surface area contributed by atoms with Crippen LogP contribution in [0.4, 0.5) is 4.79 Å². The highest BCUT2D eigenvalue weighted by molar-refractivity contribution is 6.35. The number of allylic oxidation sites excluding steroid dienone is 1. The second-order valence-corrected chi connectivity index (χ2v) is 3.77. The number of carbonyl (C=O) groups excluding carboxylic acids is 2. The molecule has 18 heavy (non-hydrogen) atoms. The number of rotatable bonds is 2. The van der Waals surface area contributed by atoms with Gasteiger partial charge >= 0.3 is 6.03 Å². The first-order chi connectivity index (χ1) is 8.52. The number of carbonyl (C=O) groups is 2. The highest BCUT2D eigenvalue weighted by atomic mass is 16.3. The van der Waals surface area contributed by atoms with Gasteiger partial charge in [-0.1, -0.05) is 24.3 Å². The molecule has 4 N–H and O–H groups in total. The van der Waals surface area contributed by atoms with Gasteiger partial charge < -0.3 is 10.8 Å². The van der Waals surface area contributed by atoms with Crippen LogP contribution in [0.2, 0.25) is 0 Å². The predicted molar refractivity (Wildman–Crippen MR) is 66.1 cm³/mol. The predicted octanol–water partition coefficient (Wildman–Crippen LogP) is 1.20. The van der Waals surface area contributed by atoms with Crippen molar-refractivity contribution >= 4 is 23.3 Å². The molecule has 0 radical (unpaired) electrons. The van der Waals surface area contributed by atoms with Gasteiger partial charge in [-0.15, -0.1) is 0 Å². The van der Waals surface area contributed by atoms with Crippen LogP contribution in [0.25, 0.3) is 5.76 Å². The van der Waals surface area contributed by atoms with Crippen molar-refractivity contribution in [2.45, 2.75) is 6.92 Å². The van der Waals surface area contributed by atoms with Crippen molar-refractivity contribution in [1.29, 1.82) is 0 Å². The van der Waals surface area contributed by atoms with Gasteiger partial charge in [-0.25, -0.2) is 10.2 Å². The van der Waals surface area contributed by atoms with Crippen LogP contribution in [0.3, 0.4) is 0 Å². The van der Waals surface area contributed by atoms with E-state index in [1.807, 2.05) is 5.43 Å². The summed E-state index contributed by atoms with van der Waals surface area (Å²) < 4.78 is 0. The summed E-state index contributed by atoms with van der Waals surface area (Å²) in [6.45, 7) is 1.51. The fourth-order valence-electron chi connectivity index (χ4n) is 1.79. The quantitative estimate of drug-likeness (QED) is 0.538. The zero-order valence-corrected chi connectivity index (χ0v) is 9.60. The van der Waals surface area contributed by atoms with E-state index in [0.29, 0.717) is 11.1 Å². The Morgan fingerprint density at radius 1 is 1.33 bits per heavy atom. The van der Waals surface area contributed by atoms with Crippen molar-refractivity contribution in [3.05, 3.63) is 41.0 Å². The molecule has 0 saturated heterocycles. The first kappa shape index (κ1) is 11.8. The number of urea groups is 1. The van der Waals surface area contributed by atoms with Crippen molar-refractivity contribution in [3.8, 4) is 0 Å². The molecule has 1 aliphatic carbocycles. The van der Waals surface area contributed by atoms with Gasteiger partial charge in [0, 0.05) is 11.1 Å². The molecule has 2 rings (SSSR count). The number of aliphatic hydroxyl groups is 1. The standard InChI is InChI=1S/C12H11N3O3/c1-6(14-15-12(13)18)9-10(16)7-4-2-3-5-8(7)11(9)17/h2-5,16H,1H3,(H3,13,15,18)/b14-6+. The molecule has 0 aliphatic heterocycles. The normalized spacial score (nSPS) is 14.7. The molecule has 0 atom stereocenters. The topological polar surface area (TPSA) is 105 Å². The summed E-state index contributed by atoms with van der Waals surface area (Å²) in [5.74, 6) is -0.459. The first-order valence-corrected chi connectivity index (χ1v) is 5.20. The Labute approximate surface area is 103 Å². The molecule has 92 valence electrons. The number of hydrazone groups is 1. The lowest BCUT2D eigenvalue weighted by Crippen LogP contribution is -2.26. The van der Waals surface area contributed by atoms with Crippen LogP contribution in [0.1, 0.15) is 22.8 Å². The summed E-state index contributed by atoms with van der Waals surface area (Å²) >= 11 is 0. The molecule has 6 heteroatoms. The van der Waals surface area contributed by atoms with E-state index in [9.17, 15) is 14.7 Å². The maximum atomic E-state index is 12.1. The molecule has 1 aromatic rings. The van der Waals surface area contributed by atoms with E-state index in [1.165, 1.54) is 6.92 Å². The number of amides is 2. The lowest BCUT2D eigenvalue weighted by atomic mass is 10.1. The molecule has 0 spiro atoms. The average Bonchev–Trinajstić information content (AvgIpc) is 2.60. The largest absolute Gasteiger partial charge is 0.506 e. The summed E-state index contributed by atoms with van der Waals surface area (Å²) in [5, 5.41) is 13.6. The van der Waals surface area contributed by atoms with Gasteiger partial charge in [-0.3, -0.25) is 4.79 Å². The minimum absolute atomic E-state index is 0.0740. The number of hydrogen-bond donors (Lipinski definition) is 3. The average molecular weight is 245 g/mol. The molecule has 0 saturated carbocycles. The van der Waals surface area contributed by atoms with Crippen molar-refractivity contribution in [1.82, 2.24) is 5.43 Å². The van der Waals surface area contributed by atoms with Gasteiger partial charge in [0.15, 0.2) is 5.78 Å². The van der Waals surface area contributed by atoms with Crippen molar-refractivity contribution in [2.24, 2.45) is 10.8 Å². The van der Waals surface area contributed by atoms with Gasteiger partial charge in [0.25, 0.3) is 0 Å². The zero-order chi connectivity index (χ0) is 13.3. The number of fused-ring (bicyclic) bond motifs is 1. The van der Waals surface area contributed by atoms with Crippen LogP contribution >= 0.6 is 0 Å².